The van der Waals surface area contributed by atoms with E-state index in [4.69, 9.17) is 4.74 Å². The maximum Gasteiger partial charge on any atom is 0.274 e. The van der Waals surface area contributed by atoms with E-state index >= 15 is 0 Å². The number of ether oxygens (including phenoxy) is 1. The highest BCUT2D eigenvalue weighted by atomic mass is 32.1. The predicted molar refractivity (Wildman–Crippen MR) is 72.6 cm³/mol. The number of hydrogen-bond donors (Lipinski definition) is 1. The second-order valence-electron chi connectivity index (χ2n) is 4.25. The van der Waals surface area contributed by atoms with Gasteiger partial charge in [-0.25, -0.2) is 4.98 Å². The Morgan fingerprint density at radius 2 is 2.32 bits per heavy atom. The number of nitro benzene ring substituents is 1. The van der Waals surface area contributed by atoms with E-state index in [2.05, 4.69) is 4.98 Å². The predicted octanol–water partition coefficient (Wildman–Crippen LogP) is 2.06. The van der Waals surface area contributed by atoms with Crippen molar-refractivity contribution >= 4 is 27.2 Å². The topological polar surface area (TPSA) is 85.5 Å². The van der Waals surface area contributed by atoms with E-state index in [1.807, 2.05) is 6.92 Å². The molecule has 0 aliphatic rings. The second kappa shape index (κ2) is 5.60. The fourth-order valence-electron chi connectivity index (χ4n) is 1.96. The monoisotopic (exact) mass is 282 g/mol. The van der Waals surface area contributed by atoms with Crippen LogP contribution in [0, 0.1) is 17.0 Å². The van der Waals surface area contributed by atoms with E-state index in [0.29, 0.717) is 5.56 Å². The van der Waals surface area contributed by atoms with Crippen LogP contribution in [0.2, 0.25) is 0 Å². The quantitative estimate of drug-likeness (QED) is 0.670. The summed E-state index contributed by atoms with van der Waals surface area (Å²) in [7, 11) is 1.48. The molecule has 1 N–H and O–H groups in total. The molecule has 0 saturated carbocycles. The number of rotatable bonds is 5. The van der Waals surface area contributed by atoms with Crippen LogP contribution in [-0.2, 0) is 11.2 Å². The van der Waals surface area contributed by atoms with Gasteiger partial charge in [0.15, 0.2) is 0 Å². The molecule has 1 atom stereocenters. The minimum absolute atomic E-state index is 0.0197. The summed E-state index contributed by atoms with van der Waals surface area (Å²) in [5.41, 5.74) is 1.23. The number of aliphatic hydroxyl groups excluding tert-OH is 1. The first-order valence-corrected chi connectivity index (χ1v) is 6.54. The minimum Gasteiger partial charge on any atom is -0.390 e. The van der Waals surface area contributed by atoms with Crippen LogP contribution in [0.5, 0.6) is 0 Å². The van der Waals surface area contributed by atoms with Crippen LogP contribution in [-0.4, -0.2) is 34.8 Å². The molecule has 1 heterocycles. The number of aromatic nitrogens is 1. The Morgan fingerprint density at radius 3 is 2.95 bits per heavy atom. The molecule has 0 bridgehead atoms. The van der Waals surface area contributed by atoms with Gasteiger partial charge in [-0.15, -0.1) is 11.3 Å². The zero-order valence-electron chi connectivity index (χ0n) is 10.6. The molecule has 2 rings (SSSR count). The average Bonchev–Trinajstić information content (AvgIpc) is 2.67. The van der Waals surface area contributed by atoms with Crippen LogP contribution in [0.25, 0.3) is 10.2 Å². The lowest BCUT2D eigenvalue weighted by molar-refractivity contribution is -0.385. The third-order valence-corrected chi connectivity index (χ3v) is 3.64. The van der Waals surface area contributed by atoms with Crippen molar-refractivity contribution < 1.29 is 14.8 Å². The Labute approximate surface area is 113 Å². The summed E-state index contributed by atoms with van der Waals surface area (Å²) >= 11 is 1.42. The maximum atomic E-state index is 11.1. The Morgan fingerprint density at radius 1 is 1.58 bits per heavy atom. The summed E-state index contributed by atoms with van der Waals surface area (Å²) in [5, 5.41) is 21.7. The number of thiazole rings is 1. The van der Waals surface area contributed by atoms with Crippen LogP contribution in [0.15, 0.2) is 12.1 Å². The second-order valence-corrected chi connectivity index (χ2v) is 5.49. The van der Waals surface area contributed by atoms with Crippen LogP contribution in [0.1, 0.15) is 10.6 Å². The zero-order chi connectivity index (χ0) is 14.0. The first-order chi connectivity index (χ1) is 9.01. The van der Waals surface area contributed by atoms with Gasteiger partial charge in [0.2, 0.25) is 0 Å². The van der Waals surface area contributed by atoms with Gasteiger partial charge in [-0.05, 0) is 13.0 Å². The van der Waals surface area contributed by atoms with Crippen molar-refractivity contribution in [1.29, 1.82) is 0 Å². The molecule has 2 aromatic rings. The molecule has 0 saturated heterocycles. The van der Waals surface area contributed by atoms with Crippen LogP contribution >= 0.6 is 11.3 Å². The number of nitro groups is 1. The molecule has 0 aliphatic carbocycles. The lowest BCUT2D eigenvalue weighted by Crippen LogP contribution is -2.17. The number of aryl methyl sites for hydroxylation is 1. The van der Waals surface area contributed by atoms with Gasteiger partial charge >= 0.3 is 0 Å². The first-order valence-electron chi connectivity index (χ1n) is 5.72. The zero-order valence-corrected chi connectivity index (χ0v) is 11.4. The molecule has 19 heavy (non-hydrogen) atoms. The van der Waals surface area contributed by atoms with Crippen molar-refractivity contribution in [2.24, 2.45) is 0 Å². The largest absolute Gasteiger partial charge is 0.390 e. The molecule has 0 radical (unpaired) electrons. The molecule has 6 nitrogen and oxygen atoms in total. The summed E-state index contributed by atoms with van der Waals surface area (Å²) in [4.78, 5) is 15.0. The Hall–Kier alpha value is -1.57. The van der Waals surface area contributed by atoms with Gasteiger partial charge in [-0.1, -0.05) is 0 Å². The summed E-state index contributed by atoms with van der Waals surface area (Å²) in [6.07, 6.45) is -0.586. The van der Waals surface area contributed by atoms with Crippen molar-refractivity contribution in [3.63, 3.8) is 0 Å². The molecular weight excluding hydrogens is 268 g/mol. The molecule has 0 spiro atoms. The average molecular weight is 282 g/mol. The van der Waals surface area contributed by atoms with Gasteiger partial charge in [-0.2, -0.15) is 0 Å². The highest BCUT2D eigenvalue weighted by molar-refractivity contribution is 7.18. The molecular formula is C12H14N2O4S. The number of nitrogens with zero attached hydrogens (tertiary/aromatic N) is 2. The fraction of sp³-hybridized carbons (Fsp3) is 0.417. The van der Waals surface area contributed by atoms with Crippen molar-refractivity contribution in [3.8, 4) is 0 Å². The molecule has 7 heteroatoms. The standard InChI is InChI=1S/C12H14N2O4S/c1-7-13-10-4-8(3-9(15)6-18-2)11(14(16)17)5-12(10)19-7/h4-5,9,15H,3,6H2,1-2H3. The van der Waals surface area contributed by atoms with Gasteiger partial charge in [0.1, 0.15) is 0 Å². The molecule has 1 aromatic carbocycles. The van der Waals surface area contributed by atoms with E-state index < -0.39 is 11.0 Å². The number of methoxy groups -OCH3 is 1. The lowest BCUT2D eigenvalue weighted by atomic mass is 10.1. The van der Waals surface area contributed by atoms with Crippen LogP contribution in [0.3, 0.4) is 0 Å². The summed E-state index contributed by atoms with van der Waals surface area (Å²) in [5.74, 6) is 0. The van der Waals surface area contributed by atoms with Crippen molar-refractivity contribution in [1.82, 2.24) is 4.98 Å². The van der Waals surface area contributed by atoms with E-state index in [0.717, 1.165) is 15.2 Å². The minimum atomic E-state index is -0.763. The summed E-state index contributed by atoms with van der Waals surface area (Å²) in [6, 6.07) is 3.20. The fourth-order valence-corrected chi connectivity index (χ4v) is 2.80. The number of hydrogen-bond acceptors (Lipinski definition) is 6. The third-order valence-electron chi connectivity index (χ3n) is 2.71. The van der Waals surface area contributed by atoms with E-state index in [-0.39, 0.29) is 18.7 Å². The highest BCUT2D eigenvalue weighted by Crippen LogP contribution is 2.30. The molecule has 0 amide bonds. The maximum absolute atomic E-state index is 11.1. The first kappa shape index (κ1) is 13.9. The van der Waals surface area contributed by atoms with Crippen molar-refractivity contribution in [2.45, 2.75) is 19.4 Å². The van der Waals surface area contributed by atoms with E-state index in [1.165, 1.54) is 24.5 Å². The smallest absolute Gasteiger partial charge is 0.274 e. The van der Waals surface area contributed by atoms with Crippen LogP contribution in [0.4, 0.5) is 5.69 Å². The summed E-state index contributed by atoms with van der Waals surface area (Å²) < 4.78 is 5.62. The summed E-state index contributed by atoms with van der Waals surface area (Å²) in [6.45, 7) is 2.00. The Balaban J connectivity index is 2.44. The van der Waals surface area contributed by atoms with Crippen molar-refractivity contribution in [3.05, 3.63) is 32.8 Å². The number of benzene rings is 1. The van der Waals surface area contributed by atoms with Crippen molar-refractivity contribution in [2.75, 3.05) is 13.7 Å². The number of fused-ring (bicyclic) bond motifs is 1. The van der Waals surface area contributed by atoms with Crippen LogP contribution < -0.4 is 0 Å². The Kier molecular flexibility index (Phi) is 4.08. The normalized spacial score (nSPS) is 12.8. The van der Waals surface area contributed by atoms with Gasteiger partial charge in [0.05, 0.1) is 32.9 Å². The highest BCUT2D eigenvalue weighted by Gasteiger charge is 2.19. The third kappa shape index (κ3) is 3.06. The Bertz CT molecular complexity index is 611. The van der Waals surface area contributed by atoms with Gasteiger partial charge in [0.25, 0.3) is 5.69 Å². The van der Waals surface area contributed by atoms with Gasteiger partial charge in [-0.3, -0.25) is 10.1 Å². The molecule has 1 aromatic heterocycles. The van der Waals surface area contributed by atoms with E-state index in [9.17, 15) is 15.2 Å². The SMILES string of the molecule is COCC(O)Cc1cc2nc(C)sc2cc1[N+](=O)[O-]. The lowest BCUT2D eigenvalue weighted by Gasteiger charge is -2.09. The molecule has 0 fully saturated rings. The van der Waals surface area contributed by atoms with Gasteiger partial charge in [0, 0.05) is 25.2 Å². The molecule has 0 aliphatic heterocycles. The molecule has 102 valence electrons. The molecule has 1 unspecified atom stereocenters. The van der Waals surface area contributed by atoms with Gasteiger partial charge < -0.3 is 9.84 Å². The number of aliphatic hydroxyl groups is 1. The van der Waals surface area contributed by atoms with E-state index in [1.54, 1.807) is 6.07 Å².